The van der Waals surface area contributed by atoms with Gasteiger partial charge in [-0.1, -0.05) is 18.2 Å². The molecule has 1 unspecified atom stereocenters. The van der Waals surface area contributed by atoms with E-state index in [1.54, 1.807) is 12.1 Å². The molecular formula is C14H13F3N2. The first-order valence-corrected chi connectivity index (χ1v) is 5.75. The van der Waals surface area contributed by atoms with E-state index in [0.29, 0.717) is 6.42 Å². The molecular weight excluding hydrogens is 253 g/mol. The highest BCUT2D eigenvalue weighted by Gasteiger charge is 2.15. The molecule has 3 N–H and O–H groups in total. The molecule has 0 saturated heterocycles. The zero-order valence-corrected chi connectivity index (χ0v) is 10.0. The summed E-state index contributed by atoms with van der Waals surface area (Å²) in [5, 5.41) is 0. The lowest BCUT2D eigenvalue weighted by Crippen LogP contribution is -2.30. The van der Waals surface area contributed by atoms with Crippen molar-refractivity contribution in [2.45, 2.75) is 12.5 Å². The van der Waals surface area contributed by atoms with Crippen molar-refractivity contribution in [2.24, 2.45) is 5.84 Å². The van der Waals surface area contributed by atoms with Crippen molar-refractivity contribution in [2.75, 3.05) is 0 Å². The molecule has 0 spiro atoms. The molecule has 0 aliphatic carbocycles. The van der Waals surface area contributed by atoms with E-state index in [4.69, 9.17) is 5.84 Å². The minimum absolute atomic E-state index is 0.272. The highest BCUT2D eigenvalue weighted by atomic mass is 19.1. The smallest absolute Gasteiger partial charge is 0.130 e. The van der Waals surface area contributed by atoms with Gasteiger partial charge in [-0.25, -0.2) is 13.2 Å². The van der Waals surface area contributed by atoms with E-state index in [1.807, 2.05) is 0 Å². The van der Waals surface area contributed by atoms with Gasteiger partial charge in [0.25, 0.3) is 0 Å². The molecule has 0 bridgehead atoms. The lowest BCUT2D eigenvalue weighted by atomic mass is 9.99. The van der Waals surface area contributed by atoms with Crippen LogP contribution in [0.25, 0.3) is 0 Å². The fourth-order valence-electron chi connectivity index (χ4n) is 1.90. The monoisotopic (exact) mass is 266 g/mol. The Morgan fingerprint density at radius 1 is 0.947 bits per heavy atom. The molecule has 0 saturated carbocycles. The summed E-state index contributed by atoms with van der Waals surface area (Å²) in [6.07, 6.45) is 0.374. The fraction of sp³-hybridized carbons (Fsp3) is 0.143. The maximum Gasteiger partial charge on any atom is 0.130 e. The third-order valence-corrected chi connectivity index (χ3v) is 2.89. The molecule has 0 radical (unpaired) electrons. The number of hydrazine groups is 1. The Morgan fingerprint density at radius 3 is 2.16 bits per heavy atom. The van der Waals surface area contributed by atoms with Gasteiger partial charge in [-0.3, -0.25) is 11.3 Å². The molecule has 0 fully saturated rings. The van der Waals surface area contributed by atoms with Crippen molar-refractivity contribution in [3.05, 3.63) is 71.0 Å². The first kappa shape index (κ1) is 13.6. The van der Waals surface area contributed by atoms with Crippen LogP contribution in [0.5, 0.6) is 0 Å². The molecule has 19 heavy (non-hydrogen) atoms. The number of rotatable bonds is 4. The van der Waals surface area contributed by atoms with Gasteiger partial charge in [-0.2, -0.15) is 0 Å². The number of benzene rings is 2. The molecule has 2 aromatic rings. The summed E-state index contributed by atoms with van der Waals surface area (Å²) in [6.45, 7) is 0. The summed E-state index contributed by atoms with van der Waals surface area (Å²) in [5.41, 5.74) is 3.56. The molecule has 1 atom stereocenters. The van der Waals surface area contributed by atoms with Crippen molar-refractivity contribution in [3.63, 3.8) is 0 Å². The quantitative estimate of drug-likeness (QED) is 0.659. The second-order valence-electron chi connectivity index (χ2n) is 4.22. The van der Waals surface area contributed by atoms with Crippen LogP contribution in [0, 0.1) is 17.5 Å². The summed E-state index contributed by atoms with van der Waals surface area (Å²) < 4.78 is 39.3. The van der Waals surface area contributed by atoms with Gasteiger partial charge in [-0.15, -0.1) is 0 Å². The first-order valence-electron chi connectivity index (χ1n) is 5.75. The van der Waals surface area contributed by atoms with E-state index < -0.39 is 17.7 Å². The molecule has 0 aliphatic rings. The molecule has 5 heteroatoms. The minimum Gasteiger partial charge on any atom is -0.271 e. The molecule has 0 amide bonds. The molecule has 2 rings (SSSR count). The summed E-state index contributed by atoms with van der Waals surface area (Å²) in [6, 6.07) is 8.66. The summed E-state index contributed by atoms with van der Waals surface area (Å²) in [5.74, 6) is 3.76. The molecule has 0 heterocycles. The Balaban J connectivity index is 2.22. The molecule has 0 aliphatic heterocycles. The van der Waals surface area contributed by atoms with Crippen LogP contribution in [-0.4, -0.2) is 0 Å². The second kappa shape index (κ2) is 5.86. The van der Waals surface area contributed by atoms with Gasteiger partial charge < -0.3 is 0 Å². The van der Waals surface area contributed by atoms with Crippen LogP contribution in [-0.2, 0) is 6.42 Å². The van der Waals surface area contributed by atoms with Gasteiger partial charge in [0.1, 0.15) is 17.5 Å². The molecule has 100 valence electrons. The van der Waals surface area contributed by atoms with Crippen molar-refractivity contribution in [1.82, 2.24) is 5.43 Å². The van der Waals surface area contributed by atoms with Crippen molar-refractivity contribution >= 4 is 0 Å². The summed E-state index contributed by atoms with van der Waals surface area (Å²) in [7, 11) is 0. The highest BCUT2D eigenvalue weighted by Crippen LogP contribution is 2.21. The number of hydrogen-bond acceptors (Lipinski definition) is 2. The molecule has 2 aromatic carbocycles. The standard InChI is InChI=1S/C14H13F3N2/c15-10-3-1-9(2-4-10)7-14(19-18)12-6-5-11(16)8-13(12)17/h1-6,8,14,19H,7,18H2. The van der Waals surface area contributed by atoms with Crippen LogP contribution in [0.1, 0.15) is 17.2 Å². The Hall–Kier alpha value is -1.85. The van der Waals surface area contributed by atoms with Crippen molar-refractivity contribution in [3.8, 4) is 0 Å². The van der Waals surface area contributed by atoms with E-state index >= 15 is 0 Å². The van der Waals surface area contributed by atoms with E-state index in [0.717, 1.165) is 11.6 Å². The van der Waals surface area contributed by atoms with Crippen LogP contribution in [0.2, 0.25) is 0 Å². The number of hydrogen-bond donors (Lipinski definition) is 2. The van der Waals surface area contributed by atoms with Crippen LogP contribution in [0.3, 0.4) is 0 Å². The van der Waals surface area contributed by atoms with Gasteiger partial charge in [0.05, 0.1) is 6.04 Å². The van der Waals surface area contributed by atoms with Crippen molar-refractivity contribution in [1.29, 1.82) is 0 Å². The van der Waals surface area contributed by atoms with Gasteiger partial charge in [0.15, 0.2) is 0 Å². The average molecular weight is 266 g/mol. The summed E-state index contributed by atoms with van der Waals surface area (Å²) >= 11 is 0. The summed E-state index contributed by atoms with van der Waals surface area (Å²) in [4.78, 5) is 0. The molecule has 0 aromatic heterocycles. The largest absolute Gasteiger partial charge is 0.271 e. The topological polar surface area (TPSA) is 38.0 Å². The Labute approximate surface area is 109 Å². The Bertz CT molecular complexity index is 555. The van der Waals surface area contributed by atoms with Gasteiger partial charge in [0, 0.05) is 11.6 Å². The Morgan fingerprint density at radius 2 is 1.58 bits per heavy atom. The van der Waals surface area contributed by atoms with E-state index in [2.05, 4.69) is 5.43 Å². The van der Waals surface area contributed by atoms with Crippen LogP contribution in [0.15, 0.2) is 42.5 Å². The highest BCUT2D eigenvalue weighted by molar-refractivity contribution is 5.25. The third kappa shape index (κ3) is 3.33. The van der Waals surface area contributed by atoms with Crippen molar-refractivity contribution < 1.29 is 13.2 Å². The average Bonchev–Trinajstić information content (AvgIpc) is 2.39. The van der Waals surface area contributed by atoms with Gasteiger partial charge in [-0.05, 0) is 30.2 Å². The zero-order chi connectivity index (χ0) is 13.8. The maximum absolute atomic E-state index is 13.7. The normalized spacial score (nSPS) is 12.4. The second-order valence-corrected chi connectivity index (χ2v) is 4.22. The predicted octanol–water partition coefficient (Wildman–Crippen LogP) is 2.85. The van der Waals surface area contributed by atoms with E-state index in [1.165, 1.54) is 24.3 Å². The Kier molecular flexibility index (Phi) is 4.19. The molecule has 2 nitrogen and oxygen atoms in total. The predicted molar refractivity (Wildman–Crippen MR) is 66.5 cm³/mol. The number of halogens is 3. The first-order chi connectivity index (χ1) is 9.10. The van der Waals surface area contributed by atoms with E-state index in [9.17, 15) is 13.2 Å². The fourth-order valence-corrected chi connectivity index (χ4v) is 1.90. The van der Waals surface area contributed by atoms with Crippen LogP contribution < -0.4 is 11.3 Å². The van der Waals surface area contributed by atoms with Crippen LogP contribution >= 0.6 is 0 Å². The van der Waals surface area contributed by atoms with Crippen LogP contribution in [0.4, 0.5) is 13.2 Å². The SMILES string of the molecule is NNC(Cc1ccc(F)cc1)c1ccc(F)cc1F. The minimum atomic E-state index is -0.662. The third-order valence-electron chi connectivity index (χ3n) is 2.89. The zero-order valence-electron chi connectivity index (χ0n) is 10.0. The lowest BCUT2D eigenvalue weighted by Gasteiger charge is -2.17. The van der Waals surface area contributed by atoms with Gasteiger partial charge in [0.2, 0.25) is 0 Å². The van der Waals surface area contributed by atoms with E-state index in [-0.39, 0.29) is 11.4 Å². The maximum atomic E-state index is 13.7. The number of nitrogens with two attached hydrogens (primary N) is 1. The van der Waals surface area contributed by atoms with Gasteiger partial charge >= 0.3 is 0 Å². The lowest BCUT2D eigenvalue weighted by molar-refractivity contribution is 0.502. The number of nitrogens with one attached hydrogen (secondary N) is 1.